The Balaban J connectivity index is 1.74. The van der Waals surface area contributed by atoms with Crippen LogP contribution in [0.5, 0.6) is 0 Å². The summed E-state index contributed by atoms with van der Waals surface area (Å²) < 4.78 is 0. The van der Waals surface area contributed by atoms with E-state index >= 15 is 0 Å². The number of Topliss-reactive ketones (excluding diaryl/α,β-unsaturated/α-hetero) is 1. The van der Waals surface area contributed by atoms with Crippen molar-refractivity contribution in [1.29, 1.82) is 0 Å². The molecule has 5 heteroatoms. The molecule has 0 spiro atoms. The lowest BCUT2D eigenvalue weighted by Crippen LogP contribution is -2.62. The highest BCUT2D eigenvalue weighted by molar-refractivity contribution is 5.93. The lowest BCUT2D eigenvalue weighted by atomic mass is 9.45. The molecule has 0 heterocycles. The fraction of sp³-hybridized carbons (Fsp3) is 0.810. The van der Waals surface area contributed by atoms with Crippen LogP contribution in [0, 0.1) is 28.6 Å². The van der Waals surface area contributed by atoms with Crippen LogP contribution in [0.3, 0.4) is 0 Å². The molecule has 0 amide bonds. The average molecular weight is 362 g/mol. The maximum atomic E-state index is 13.3. The molecule has 4 aliphatic rings. The van der Waals surface area contributed by atoms with Gasteiger partial charge in [0.2, 0.25) is 0 Å². The van der Waals surface area contributed by atoms with E-state index in [1.807, 2.05) is 6.92 Å². The van der Waals surface area contributed by atoms with Crippen LogP contribution in [0.15, 0.2) is 11.6 Å². The number of fused-ring (bicyclic) bond motifs is 5. The zero-order chi connectivity index (χ0) is 18.9. The number of carbonyl (C=O) groups is 2. The second kappa shape index (κ2) is 5.73. The summed E-state index contributed by atoms with van der Waals surface area (Å²) >= 11 is 0. The summed E-state index contributed by atoms with van der Waals surface area (Å²) in [7, 11) is 0. The van der Waals surface area contributed by atoms with Crippen molar-refractivity contribution in [3.05, 3.63) is 11.6 Å². The summed E-state index contributed by atoms with van der Waals surface area (Å²) in [4.78, 5) is 25.2. The Labute approximate surface area is 154 Å². The van der Waals surface area contributed by atoms with Crippen LogP contribution < -0.4 is 0 Å². The van der Waals surface area contributed by atoms with Crippen LogP contribution in [0.1, 0.15) is 58.8 Å². The van der Waals surface area contributed by atoms with Gasteiger partial charge in [0, 0.05) is 24.2 Å². The molecule has 7 atom stereocenters. The normalized spacial score (nSPS) is 49.1. The number of carbonyl (C=O) groups excluding carboxylic acids is 2. The minimum absolute atomic E-state index is 0.0951. The molecule has 0 bridgehead atoms. The topological polar surface area (TPSA) is 94.8 Å². The number of aliphatic hydroxyl groups is 3. The Morgan fingerprint density at radius 3 is 2.62 bits per heavy atom. The number of rotatable bonds is 2. The van der Waals surface area contributed by atoms with Gasteiger partial charge in [-0.15, -0.1) is 0 Å². The second-order valence-electron chi connectivity index (χ2n) is 9.56. The summed E-state index contributed by atoms with van der Waals surface area (Å²) in [5.74, 6) is 0.568. The van der Waals surface area contributed by atoms with Gasteiger partial charge >= 0.3 is 0 Å². The summed E-state index contributed by atoms with van der Waals surface area (Å²) in [5, 5.41) is 31.0. The summed E-state index contributed by atoms with van der Waals surface area (Å²) in [6.07, 6.45) is 4.93. The quantitative estimate of drug-likeness (QED) is 0.696. The number of aliphatic hydroxyl groups excluding tert-OH is 2. The predicted octanol–water partition coefficient (Wildman–Crippen LogP) is 1.78. The molecule has 3 saturated carbocycles. The lowest BCUT2D eigenvalue weighted by Gasteiger charge is -2.58. The molecule has 0 aliphatic heterocycles. The van der Waals surface area contributed by atoms with Gasteiger partial charge in [-0.05, 0) is 55.4 Å². The van der Waals surface area contributed by atoms with E-state index in [-0.39, 0.29) is 41.2 Å². The summed E-state index contributed by atoms with van der Waals surface area (Å²) in [5.41, 5.74) is -1.22. The largest absolute Gasteiger partial charge is 0.394 e. The van der Waals surface area contributed by atoms with Crippen molar-refractivity contribution in [1.82, 2.24) is 0 Å². The monoisotopic (exact) mass is 362 g/mol. The lowest BCUT2D eigenvalue weighted by molar-refractivity contribution is -0.187. The Hall–Kier alpha value is -1.04. The zero-order valence-corrected chi connectivity index (χ0v) is 15.7. The van der Waals surface area contributed by atoms with Gasteiger partial charge in [-0.1, -0.05) is 19.4 Å². The first-order valence-corrected chi connectivity index (χ1v) is 9.95. The van der Waals surface area contributed by atoms with Crippen molar-refractivity contribution in [2.24, 2.45) is 28.6 Å². The molecule has 0 radical (unpaired) electrons. The summed E-state index contributed by atoms with van der Waals surface area (Å²) in [6, 6.07) is 0. The highest BCUT2D eigenvalue weighted by atomic mass is 16.4. The Morgan fingerprint density at radius 2 is 1.92 bits per heavy atom. The SMILES string of the molecule is C[C@]12CCC(=O)C=C1CC[C@@H]1[C@H]2C(=O)C[C@@]2(C)[C@@H]1CC[C@]2(O)[C@@H](O)CO. The third kappa shape index (κ3) is 2.14. The van der Waals surface area contributed by atoms with Crippen molar-refractivity contribution in [3.8, 4) is 0 Å². The molecule has 5 nitrogen and oxygen atoms in total. The molecule has 0 aromatic heterocycles. The summed E-state index contributed by atoms with van der Waals surface area (Å²) in [6.45, 7) is 3.58. The molecule has 3 N–H and O–H groups in total. The third-order valence-electron chi connectivity index (χ3n) is 8.59. The standard InChI is InChI=1S/C21H30O5/c1-19-7-5-13(23)9-12(19)3-4-14-15-6-8-21(26,17(25)11-22)20(15,2)10-16(24)18(14)19/h9,14-15,17-18,22,25-26H,3-8,10-11H2,1-2H3/t14-,15+,17-,18-,19-,20-,21-/m0/s1. The van der Waals surface area contributed by atoms with Crippen molar-refractivity contribution in [2.75, 3.05) is 6.61 Å². The first kappa shape index (κ1) is 18.3. The van der Waals surface area contributed by atoms with Crippen LogP contribution in [0.4, 0.5) is 0 Å². The Morgan fingerprint density at radius 1 is 1.19 bits per heavy atom. The van der Waals surface area contributed by atoms with Gasteiger partial charge in [0.25, 0.3) is 0 Å². The first-order chi connectivity index (χ1) is 12.2. The van der Waals surface area contributed by atoms with E-state index in [0.29, 0.717) is 12.8 Å². The van der Waals surface area contributed by atoms with Crippen LogP contribution in [-0.2, 0) is 9.59 Å². The van der Waals surface area contributed by atoms with Gasteiger partial charge in [0.05, 0.1) is 12.2 Å². The number of ketones is 2. The third-order valence-corrected chi connectivity index (χ3v) is 8.59. The molecule has 144 valence electrons. The zero-order valence-electron chi connectivity index (χ0n) is 15.7. The number of hydrogen-bond donors (Lipinski definition) is 3. The van der Waals surface area contributed by atoms with Gasteiger partial charge in [0.1, 0.15) is 11.9 Å². The van der Waals surface area contributed by atoms with Crippen LogP contribution >= 0.6 is 0 Å². The molecule has 4 aliphatic carbocycles. The molecule has 26 heavy (non-hydrogen) atoms. The van der Waals surface area contributed by atoms with Crippen molar-refractivity contribution in [3.63, 3.8) is 0 Å². The first-order valence-electron chi connectivity index (χ1n) is 9.95. The predicted molar refractivity (Wildman–Crippen MR) is 95.1 cm³/mol. The number of allylic oxidation sites excluding steroid dienone is 1. The van der Waals surface area contributed by atoms with Gasteiger partial charge in [-0.3, -0.25) is 9.59 Å². The molecule has 0 saturated heterocycles. The Kier molecular flexibility index (Phi) is 4.04. The molecule has 3 fully saturated rings. The minimum atomic E-state index is -1.41. The highest BCUT2D eigenvalue weighted by Gasteiger charge is 2.68. The second-order valence-corrected chi connectivity index (χ2v) is 9.56. The van der Waals surface area contributed by atoms with E-state index < -0.39 is 23.7 Å². The van der Waals surface area contributed by atoms with E-state index in [9.17, 15) is 24.9 Å². The van der Waals surface area contributed by atoms with Gasteiger partial charge < -0.3 is 15.3 Å². The maximum absolute atomic E-state index is 13.3. The smallest absolute Gasteiger partial charge is 0.155 e. The van der Waals surface area contributed by atoms with Gasteiger partial charge in [-0.25, -0.2) is 0 Å². The van der Waals surface area contributed by atoms with Gasteiger partial charge in [-0.2, -0.15) is 0 Å². The average Bonchev–Trinajstić information content (AvgIpc) is 2.86. The molecule has 0 unspecified atom stereocenters. The molecule has 4 rings (SSSR count). The number of hydrogen-bond acceptors (Lipinski definition) is 5. The van der Waals surface area contributed by atoms with E-state index in [1.165, 1.54) is 0 Å². The van der Waals surface area contributed by atoms with Crippen LogP contribution in [0.25, 0.3) is 0 Å². The van der Waals surface area contributed by atoms with E-state index in [4.69, 9.17) is 0 Å². The van der Waals surface area contributed by atoms with Crippen LogP contribution in [-0.4, -0.2) is 45.2 Å². The molecular weight excluding hydrogens is 332 g/mol. The maximum Gasteiger partial charge on any atom is 0.155 e. The van der Waals surface area contributed by atoms with E-state index in [2.05, 4.69) is 6.92 Å². The van der Waals surface area contributed by atoms with Crippen molar-refractivity contribution in [2.45, 2.75) is 70.5 Å². The molecular formula is C21H30O5. The van der Waals surface area contributed by atoms with Crippen molar-refractivity contribution < 1.29 is 24.9 Å². The van der Waals surface area contributed by atoms with Crippen LogP contribution in [0.2, 0.25) is 0 Å². The minimum Gasteiger partial charge on any atom is -0.394 e. The van der Waals surface area contributed by atoms with Gasteiger partial charge in [0.15, 0.2) is 5.78 Å². The highest BCUT2D eigenvalue weighted by Crippen LogP contribution is 2.66. The molecule has 0 aromatic rings. The van der Waals surface area contributed by atoms with E-state index in [1.54, 1.807) is 6.08 Å². The van der Waals surface area contributed by atoms with E-state index in [0.717, 1.165) is 31.3 Å². The van der Waals surface area contributed by atoms with Crippen molar-refractivity contribution >= 4 is 11.6 Å². The fourth-order valence-electron chi connectivity index (χ4n) is 7.12. The fourth-order valence-corrected chi connectivity index (χ4v) is 7.12. The Bertz CT molecular complexity index is 684. The molecule has 0 aromatic carbocycles.